The zero-order valence-corrected chi connectivity index (χ0v) is 15.7. The molecule has 134 valence electrons. The molecule has 0 unspecified atom stereocenters. The van der Waals surface area contributed by atoms with Gasteiger partial charge in [0.1, 0.15) is 11.4 Å². The van der Waals surface area contributed by atoms with E-state index in [1.54, 1.807) is 12.1 Å². The second kappa shape index (κ2) is 6.57. The third-order valence-electron chi connectivity index (χ3n) is 4.03. The number of aromatic nitrogens is 3. The third kappa shape index (κ3) is 3.17. The molecule has 1 aromatic carbocycles. The van der Waals surface area contributed by atoms with Crippen molar-refractivity contribution < 1.29 is 4.79 Å². The number of thioether (sulfide) groups is 1. The summed E-state index contributed by atoms with van der Waals surface area (Å²) in [5.74, 6) is -0.479. The number of H-pyrrole nitrogens is 1. The van der Waals surface area contributed by atoms with Crippen LogP contribution >= 0.6 is 34.7 Å². The molecular weight excluding hydrogens is 396 g/mol. The van der Waals surface area contributed by atoms with E-state index in [0.29, 0.717) is 9.36 Å². The van der Waals surface area contributed by atoms with Crippen LogP contribution in [0, 0.1) is 0 Å². The van der Waals surface area contributed by atoms with Crippen LogP contribution < -0.4 is 17.0 Å². The first kappa shape index (κ1) is 17.3. The molecule has 2 aromatic heterocycles. The topological polar surface area (TPSA) is 111 Å². The maximum atomic E-state index is 12.6. The van der Waals surface area contributed by atoms with Crippen LogP contribution in [0.1, 0.15) is 29.2 Å². The molecule has 1 aliphatic carbocycles. The summed E-state index contributed by atoms with van der Waals surface area (Å²) in [5, 5.41) is 0.595. The summed E-state index contributed by atoms with van der Waals surface area (Å²) in [5.41, 5.74) is 5.25. The van der Waals surface area contributed by atoms with Crippen molar-refractivity contribution in [2.24, 2.45) is 0 Å². The number of nitrogen functional groups attached to an aromatic ring is 1. The van der Waals surface area contributed by atoms with Crippen LogP contribution in [0.25, 0.3) is 10.2 Å². The van der Waals surface area contributed by atoms with Crippen molar-refractivity contribution in [3.63, 3.8) is 0 Å². The summed E-state index contributed by atoms with van der Waals surface area (Å²) in [6, 6.07) is 5.37. The number of hydrogen-bond donors (Lipinski definition) is 2. The Hall–Kier alpha value is -2.10. The largest absolute Gasteiger partial charge is 0.384 e. The zero-order valence-electron chi connectivity index (χ0n) is 13.3. The van der Waals surface area contributed by atoms with E-state index in [1.165, 1.54) is 27.7 Å². The number of carbonyl (C=O) groups excluding carboxylic acids is 1. The first-order valence-electron chi connectivity index (χ1n) is 7.80. The summed E-state index contributed by atoms with van der Waals surface area (Å²) in [6.45, 7) is 0. The van der Waals surface area contributed by atoms with Gasteiger partial charge in [0, 0.05) is 11.1 Å². The Morgan fingerprint density at radius 3 is 2.92 bits per heavy atom. The van der Waals surface area contributed by atoms with E-state index in [-0.39, 0.29) is 23.2 Å². The number of rotatable bonds is 5. The number of nitrogens with one attached hydrogen (secondary N) is 1. The molecule has 0 radical (unpaired) electrons. The lowest BCUT2D eigenvalue weighted by molar-refractivity contribution is 0.102. The Balaban J connectivity index is 1.59. The van der Waals surface area contributed by atoms with Gasteiger partial charge in [-0.25, -0.2) is 9.78 Å². The van der Waals surface area contributed by atoms with Crippen LogP contribution in [-0.2, 0) is 0 Å². The number of fused-ring (bicyclic) bond motifs is 1. The Morgan fingerprint density at radius 1 is 1.42 bits per heavy atom. The average molecular weight is 409 g/mol. The maximum absolute atomic E-state index is 12.6. The molecule has 0 atom stereocenters. The van der Waals surface area contributed by atoms with E-state index in [9.17, 15) is 14.4 Å². The fourth-order valence-electron chi connectivity index (χ4n) is 2.67. The van der Waals surface area contributed by atoms with E-state index >= 15 is 0 Å². The summed E-state index contributed by atoms with van der Waals surface area (Å²) < 4.78 is 2.96. The van der Waals surface area contributed by atoms with Gasteiger partial charge in [0.25, 0.3) is 5.56 Å². The van der Waals surface area contributed by atoms with Crippen molar-refractivity contribution in [3.8, 4) is 0 Å². The van der Waals surface area contributed by atoms with Crippen LogP contribution in [-0.4, -0.2) is 26.1 Å². The Bertz CT molecular complexity index is 1150. The normalized spacial score (nSPS) is 14.0. The Kier molecular flexibility index (Phi) is 4.37. The highest BCUT2D eigenvalue weighted by molar-refractivity contribution is 8.01. The lowest BCUT2D eigenvalue weighted by atomic mass is 10.2. The molecule has 0 bridgehead atoms. The molecule has 3 N–H and O–H groups in total. The van der Waals surface area contributed by atoms with Gasteiger partial charge in [-0.1, -0.05) is 23.4 Å². The molecule has 1 aliphatic rings. The van der Waals surface area contributed by atoms with Crippen molar-refractivity contribution in [2.45, 2.75) is 23.2 Å². The van der Waals surface area contributed by atoms with Crippen molar-refractivity contribution in [1.82, 2.24) is 14.5 Å². The molecule has 26 heavy (non-hydrogen) atoms. The van der Waals surface area contributed by atoms with Gasteiger partial charge in [-0.2, -0.15) is 0 Å². The van der Waals surface area contributed by atoms with Gasteiger partial charge < -0.3 is 5.73 Å². The number of anilines is 1. The molecule has 4 rings (SSSR count). The fourth-order valence-corrected chi connectivity index (χ4v) is 4.76. The van der Waals surface area contributed by atoms with Gasteiger partial charge >= 0.3 is 5.69 Å². The van der Waals surface area contributed by atoms with E-state index in [4.69, 9.17) is 17.3 Å². The summed E-state index contributed by atoms with van der Waals surface area (Å²) in [7, 11) is 0. The van der Waals surface area contributed by atoms with Crippen molar-refractivity contribution in [2.75, 3.05) is 11.5 Å². The van der Waals surface area contributed by atoms with Gasteiger partial charge in [-0.05, 0) is 31.0 Å². The van der Waals surface area contributed by atoms with Crippen LogP contribution in [0.2, 0.25) is 5.02 Å². The lowest BCUT2D eigenvalue weighted by Gasteiger charge is -2.10. The minimum atomic E-state index is -0.744. The molecule has 0 saturated heterocycles. The number of Topliss-reactive ketones (excluding diaryl/α,β-unsaturated/α-hetero) is 1. The highest BCUT2D eigenvalue weighted by Crippen LogP contribution is 2.35. The highest BCUT2D eigenvalue weighted by Gasteiger charge is 2.30. The second-order valence-corrected chi connectivity index (χ2v) is 8.61. The third-order valence-corrected chi connectivity index (χ3v) is 6.44. The van der Waals surface area contributed by atoms with Crippen molar-refractivity contribution >= 4 is 56.5 Å². The minimum Gasteiger partial charge on any atom is -0.384 e. The number of nitrogens with two attached hydrogens (primary N) is 1. The Labute approximate surface area is 160 Å². The minimum absolute atomic E-state index is 0.00368. The summed E-state index contributed by atoms with van der Waals surface area (Å²) in [6.07, 6.45) is 1.62. The van der Waals surface area contributed by atoms with Gasteiger partial charge in [0.15, 0.2) is 10.1 Å². The smallest absolute Gasteiger partial charge is 0.330 e. The maximum Gasteiger partial charge on any atom is 0.330 e. The van der Waals surface area contributed by atoms with Gasteiger partial charge in [-0.3, -0.25) is 19.1 Å². The first-order valence-corrected chi connectivity index (χ1v) is 9.98. The quantitative estimate of drug-likeness (QED) is 0.496. The average Bonchev–Trinajstić information content (AvgIpc) is 3.31. The standard InChI is InChI=1S/C16H13ClN4O3S2/c17-7-1-4-11-9(5-7)19-16(26-11)25-6-10(22)12-13(18)21(8-2-3-8)15(24)20-14(12)23/h1,4-5,8H,2-3,6,18H2,(H,20,23,24). The molecule has 2 heterocycles. The zero-order chi connectivity index (χ0) is 18.4. The fraction of sp³-hybridized carbons (Fsp3) is 0.250. The molecule has 1 saturated carbocycles. The highest BCUT2D eigenvalue weighted by atomic mass is 35.5. The molecular formula is C16H13ClN4O3S2. The van der Waals surface area contributed by atoms with E-state index < -0.39 is 17.0 Å². The molecule has 10 heteroatoms. The number of aromatic amines is 1. The molecule has 7 nitrogen and oxygen atoms in total. The SMILES string of the molecule is Nc1c(C(=O)CSc2nc3cc(Cl)ccc3s2)c(=O)[nH]c(=O)n1C1CC1. The molecule has 1 fully saturated rings. The molecule has 0 aliphatic heterocycles. The lowest BCUT2D eigenvalue weighted by Crippen LogP contribution is -2.36. The molecule has 0 amide bonds. The predicted molar refractivity (Wildman–Crippen MR) is 104 cm³/mol. The van der Waals surface area contributed by atoms with Crippen LogP contribution in [0.5, 0.6) is 0 Å². The van der Waals surface area contributed by atoms with E-state index in [1.807, 2.05) is 6.07 Å². The number of halogens is 1. The number of carbonyl (C=O) groups is 1. The van der Waals surface area contributed by atoms with E-state index in [0.717, 1.165) is 23.1 Å². The molecule has 0 spiro atoms. The first-order chi connectivity index (χ1) is 12.4. The monoisotopic (exact) mass is 408 g/mol. The number of ketones is 1. The second-order valence-electron chi connectivity index (χ2n) is 5.92. The summed E-state index contributed by atoms with van der Waals surface area (Å²) in [4.78, 5) is 43.2. The number of nitrogens with zero attached hydrogens (tertiary/aromatic N) is 2. The van der Waals surface area contributed by atoms with Gasteiger partial charge in [-0.15, -0.1) is 11.3 Å². The summed E-state index contributed by atoms with van der Waals surface area (Å²) >= 11 is 8.62. The predicted octanol–water partition coefficient (Wildman–Crippen LogP) is 2.69. The molecule has 3 aromatic rings. The number of benzene rings is 1. The van der Waals surface area contributed by atoms with Crippen molar-refractivity contribution in [1.29, 1.82) is 0 Å². The van der Waals surface area contributed by atoms with Crippen LogP contribution in [0.4, 0.5) is 5.82 Å². The van der Waals surface area contributed by atoms with Crippen molar-refractivity contribution in [3.05, 3.63) is 49.6 Å². The van der Waals surface area contributed by atoms with Crippen LogP contribution in [0.3, 0.4) is 0 Å². The van der Waals surface area contributed by atoms with Crippen LogP contribution in [0.15, 0.2) is 32.1 Å². The number of thiazole rings is 1. The van der Waals surface area contributed by atoms with Gasteiger partial charge in [0.05, 0.1) is 16.0 Å². The van der Waals surface area contributed by atoms with Gasteiger partial charge in [0.2, 0.25) is 0 Å². The number of hydrogen-bond acceptors (Lipinski definition) is 7. The Morgan fingerprint density at radius 2 is 2.19 bits per heavy atom. The van der Waals surface area contributed by atoms with E-state index in [2.05, 4.69) is 9.97 Å².